The summed E-state index contributed by atoms with van der Waals surface area (Å²) in [6.45, 7) is 0. The average Bonchev–Trinajstić information content (AvgIpc) is 2.32. The van der Waals surface area contributed by atoms with Crippen LogP contribution in [0.3, 0.4) is 0 Å². The molecule has 0 spiro atoms. The fraction of sp³-hybridized carbons (Fsp3) is 0.182. The number of hydrogen-bond donors (Lipinski definition) is 4. The molecule has 0 saturated heterocycles. The molecular formula is C11H10BrFN2O5. The summed E-state index contributed by atoms with van der Waals surface area (Å²) in [5.74, 6) is -3.46. The zero-order valence-corrected chi connectivity index (χ0v) is 11.5. The van der Waals surface area contributed by atoms with Crippen molar-refractivity contribution in [2.75, 3.05) is 5.32 Å². The normalized spacial score (nSPS) is 11.5. The molecule has 4 N–H and O–H groups in total. The predicted molar refractivity (Wildman–Crippen MR) is 69.9 cm³/mol. The Hall–Kier alpha value is -2.16. The molecule has 0 bridgehead atoms. The van der Waals surface area contributed by atoms with E-state index in [0.29, 0.717) is 0 Å². The summed E-state index contributed by atoms with van der Waals surface area (Å²) in [5, 5.41) is 21.4. The summed E-state index contributed by atoms with van der Waals surface area (Å²) in [6, 6.07) is 1.25. The van der Waals surface area contributed by atoms with Crippen molar-refractivity contribution < 1.29 is 29.0 Å². The molecular weight excluding hydrogens is 339 g/mol. The number of anilines is 1. The Morgan fingerprint density at radius 2 is 1.95 bits per heavy atom. The van der Waals surface area contributed by atoms with Gasteiger partial charge >= 0.3 is 18.0 Å². The summed E-state index contributed by atoms with van der Waals surface area (Å²) < 4.78 is 13.4. The van der Waals surface area contributed by atoms with Crippen LogP contribution >= 0.6 is 15.9 Å². The predicted octanol–water partition coefficient (Wildman–Crippen LogP) is 1.64. The highest BCUT2D eigenvalue weighted by molar-refractivity contribution is 9.10. The topological polar surface area (TPSA) is 116 Å². The molecule has 0 heterocycles. The van der Waals surface area contributed by atoms with Gasteiger partial charge in [-0.3, -0.25) is 4.79 Å². The number of hydrogen-bond acceptors (Lipinski definition) is 3. The zero-order chi connectivity index (χ0) is 15.3. The van der Waals surface area contributed by atoms with Crippen molar-refractivity contribution in [1.29, 1.82) is 0 Å². The molecule has 1 atom stereocenters. The standard InChI is InChI=1S/C11H10BrFN2O5/c12-6-2-1-5(3-7(6)13)14-11(20)15-8(10(18)19)4-9(16)17/h1-3,8H,4H2,(H,16,17)(H,18,19)(H2,14,15,20). The van der Waals surface area contributed by atoms with E-state index in [4.69, 9.17) is 10.2 Å². The number of urea groups is 1. The molecule has 20 heavy (non-hydrogen) atoms. The van der Waals surface area contributed by atoms with Gasteiger partial charge in [0.15, 0.2) is 0 Å². The number of carboxylic acids is 2. The van der Waals surface area contributed by atoms with Crippen LogP contribution in [0.2, 0.25) is 0 Å². The molecule has 0 aliphatic rings. The van der Waals surface area contributed by atoms with Gasteiger partial charge in [-0.05, 0) is 34.1 Å². The van der Waals surface area contributed by atoms with Crippen molar-refractivity contribution in [1.82, 2.24) is 5.32 Å². The quantitative estimate of drug-likeness (QED) is 0.645. The number of nitrogens with one attached hydrogen (secondary N) is 2. The molecule has 0 aliphatic carbocycles. The summed E-state index contributed by atoms with van der Waals surface area (Å²) in [6.07, 6.45) is -0.766. The van der Waals surface area contributed by atoms with Crippen LogP contribution in [0.25, 0.3) is 0 Å². The van der Waals surface area contributed by atoms with Crippen LogP contribution < -0.4 is 10.6 Å². The summed E-state index contributed by atoms with van der Waals surface area (Å²) >= 11 is 2.94. The molecule has 2 amide bonds. The van der Waals surface area contributed by atoms with E-state index in [-0.39, 0.29) is 10.2 Å². The van der Waals surface area contributed by atoms with E-state index < -0.39 is 36.2 Å². The second-order valence-electron chi connectivity index (χ2n) is 3.72. The first kappa shape index (κ1) is 15.9. The summed E-state index contributed by atoms with van der Waals surface area (Å²) in [5.41, 5.74) is 0.0997. The Morgan fingerprint density at radius 1 is 1.30 bits per heavy atom. The third kappa shape index (κ3) is 4.84. The highest BCUT2D eigenvalue weighted by atomic mass is 79.9. The van der Waals surface area contributed by atoms with Crippen molar-refractivity contribution in [3.63, 3.8) is 0 Å². The lowest BCUT2D eigenvalue weighted by atomic mass is 10.2. The highest BCUT2D eigenvalue weighted by Crippen LogP contribution is 2.19. The Balaban J connectivity index is 2.67. The second kappa shape index (κ2) is 6.85. The molecule has 1 aromatic carbocycles. The maximum Gasteiger partial charge on any atom is 0.326 e. The van der Waals surface area contributed by atoms with Crippen molar-refractivity contribution >= 4 is 39.6 Å². The van der Waals surface area contributed by atoms with Crippen molar-refractivity contribution in [2.45, 2.75) is 12.5 Å². The van der Waals surface area contributed by atoms with Gasteiger partial charge in [0, 0.05) is 5.69 Å². The van der Waals surface area contributed by atoms with E-state index in [1.54, 1.807) is 0 Å². The van der Waals surface area contributed by atoms with Crippen LogP contribution in [0, 0.1) is 5.82 Å². The monoisotopic (exact) mass is 348 g/mol. The van der Waals surface area contributed by atoms with Gasteiger partial charge in [-0.1, -0.05) is 0 Å². The second-order valence-corrected chi connectivity index (χ2v) is 4.57. The molecule has 0 radical (unpaired) electrons. The number of aliphatic carboxylic acids is 2. The number of rotatable bonds is 5. The first-order chi connectivity index (χ1) is 9.29. The van der Waals surface area contributed by atoms with Gasteiger partial charge in [0.1, 0.15) is 11.9 Å². The minimum Gasteiger partial charge on any atom is -0.481 e. The van der Waals surface area contributed by atoms with E-state index >= 15 is 0 Å². The van der Waals surface area contributed by atoms with Gasteiger partial charge in [0.25, 0.3) is 0 Å². The maximum atomic E-state index is 13.2. The summed E-state index contributed by atoms with van der Waals surface area (Å²) in [4.78, 5) is 32.7. The molecule has 1 aromatic rings. The lowest BCUT2D eigenvalue weighted by Crippen LogP contribution is -2.44. The van der Waals surface area contributed by atoms with Gasteiger partial charge in [0.2, 0.25) is 0 Å². The zero-order valence-electron chi connectivity index (χ0n) is 9.89. The van der Waals surface area contributed by atoms with Crippen LogP contribution in [0.5, 0.6) is 0 Å². The molecule has 0 fully saturated rings. The van der Waals surface area contributed by atoms with Crippen LogP contribution in [0.15, 0.2) is 22.7 Å². The van der Waals surface area contributed by atoms with E-state index in [9.17, 15) is 18.8 Å². The SMILES string of the molecule is O=C(O)CC(NC(=O)Nc1ccc(Br)c(F)c1)C(=O)O. The molecule has 1 unspecified atom stereocenters. The van der Waals surface area contributed by atoms with E-state index in [1.165, 1.54) is 12.1 Å². The molecule has 108 valence electrons. The maximum absolute atomic E-state index is 13.2. The number of benzene rings is 1. The van der Waals surface area contributed by atoms with Gasteiger partial charge in [-0.25, -0.2) is 14.0 Å². The van der Waals surface area contributed by atoms with Gasteiger partial charge in [0.05, 0.1) is 10.9 Å². The number of halogens is 2. The largest absolute Gasteiger partial charge is 0.481 e. The van der Waals surface area contributed by atoms with Crippen LogP contribution in [-0.4, -0.2) is 34.2 Å². The minimum absolute atomic E-state index is 0.0997. The van der Waals surface area contributed by atoms with Gasteiger partial charge in [-0.15, -0.1) is 0 Å². The minimum atomic E-state index is -1.58. The fourth-order valence-corrected chi connectivity index (χ4v) is 1.52. The molecule has 7 nitrogen and oxygen atoms in total. The molecule has 0 aliphatic heterocycles. The highest BCUT2D eigenvalue weighted by Gasteiger charge is 2.23. The fourth-order valence-electron chi connectivity index (χ4n) is 1.27. The number of amides is 2. The van der Waals surface area contributed by atoms with Gasteiger partial charge < -0.3 is 20.8 Å². The van der Waals surface area contributed by atoms with Crippen molar-refractivity contribution in [2.24, 2.45) is 0 Å². The first-order valence-corrected chi connectivity index (χ1v) is 6.06. The smallest absolute Gasteiger partial charge is 0.326 e. The Bertz CT molecular complexity index is 552. The van der Waals surface area contributed by atoms with Crippen LogP contribution in [-0.2, 0) is 9.59 Å². The molecule has 1 rings (SSSR count). The Morgan fingerprint density at radius 3 is 2.45 bits per heavy atom. The van der Waals surface area contributed by atoms with Crippen LogP contribution in [0.1, 0.15) is 6.42 Å². The number of carbonyl (C=O) groups excluding carboxylic acids is 1. The van der Waals surface area contributed by atoms with E-state index in [2.05, 4.69) is 21.2 Å². The third-order valence-corrected chi connectivity index (χ3v) is 2.80. The summed E-state index contributed by atoms with van der Waals surface area (Å²) in [7, 11) is 0. The molecule has 0 aromatic heterocycles. The van der Waals surface area contributed by atoms with Crippen molar-refractivity contribution in [3.8, 4) is 0 Å². The molecule has 9 heteroatoms. The average molecular weight is 349 g/mol. The van der Waals surface area contributed by atoms with Gasteiger partial charge in [-0.2, -0.15) is 0 Å². The van der Waals surface area contributed by atoms with Crippen LogP contribution in [0.4, 0.5) is 14.9 Å². The Labute approximate surface area is 120 Å². The van der Waals surface area contributed by atoms with E-state index in [0.717, 1.165) is 6.07 Å². The first-order valence-electron chi connectivity index (χ1n) is 5.26. The number of carboxylic acid groups (broad SMARTS) is 2. The lowest BCUT2D eigenvalue weighted by molar-refractivity contribution is -0.145. The third-order valence-electron chi connectivity index (χ3n) is 2.16. The van der Waals surface area contributed by atoms with Crippen molar-refractivity contribution in [3.05, 3.63) is 28.5 Å². The lowest BCUT2D eigenvalue weighted by Gasteiger charge is -2.13. The molecule has 0 saturated carbocycles. The Kier molecular flexibility index (Phi) is 5.44. The number of carbonyl (C=O) groups is 3. The van der Waals surface area contributed by atoms with E-state index in [1.807, 2.05) is 5.32 Å².